The molecule has 0 aromatic carbocycles. The normalized spacial score (nSPS) is 24.8. The van der Waals surface area contributed by atoms with Crippen LogP contribution in [0.15, 0.2) is 18.3 Å². The summed E-state index contributed by atoms with van der Waals surface area (Å²) in [5.74, 6) is 0.544. The second-order valence-electron chi connectivity index (χ2n) is 3.71. The maximum atomic E-state index is 8.83. The lowest BCUT2D eigenvalue weighted by molar-refractivity contribution is 0.190. The summed E-state index contributed by atoms with van der Waals surface area (Å²) in [5, 5.41) is 8.83. The van der Waals surface area contributed by atoms with Crippen molar-refractivity contribution in [1.29, 1.82) is 5.26 Å². The van der Waals surface area contributed by atoms with Crippen LogP contribution in [0.25, 0.3) is 0 Å². The fraction of sp³-hybridized carbons (Fsp3) is 0.455. The standard InChI is InChI=1S/C11H13N3O/c12-7-9-11(5-2-6-14-9)15-10-4-1-3-8(10)13/h2,5-6,8,10H,1,3-4,13H2. The average Bonchev–Trinajstić information content (AvgIpc) is 2.65. The lowest BCUT2D eigenvalue weighted by atomic mass is 10.2. The van der Waals surface area contributed by atoms with Crippen LogP contribution in [0.4, 0.5) is 0 Å². The average molecular weight is 203 g/mol. The van der Waals surface area contributed by atoms with E-state index in [9.17, 15) is 0 Å². The van der Waals surface area contributed by atoms with Crippen LogP contribution in [0.3, 0.4) is 0 Å². The summed E-state index contributed by atoms with van der Waals surface area (Å²) in [5.41, 5.74) is 6.22. The van der Waals surface area contributed by atoms with Crippen molar-refractivity contribution in [1.82, 2.24) is 4.98 Å². The van der Waals surface area contributed by atoms with Crippen LogP contribution in [0, 0.1) is 11.3 Å². The zero-order valence-corrected chi connectivity index (χ0v) is 8.39. The first-order valence-corrected chi connectivity index (χ1v) is 5.08. The van der Waals surface area contributed by atoms with Crippen molar-refractivity contribution in [2.24, 2.45) is 5.73 Å². The van der Waals surface area contributed by atoms with Gasteiger partial charge in [-0.05, 0) is 31.4 Å². The molecule has 1 heterocycles. The molecule has 1 aliphatic rings. The molecule has 2 N–H and O–H groups in total. The monoisotopic (exact) mass is 203 g/mol. The van der Waals surface area contributed by atoms with Gasteiger partial charge in [-0.15, -0.1) is 0 Å². The Morgan fingerprint density at radius 1 is 1.53 bits per heavy atom. The number of hydrogen-bond acceptors (Lipinski definition) is 4. The number of nitriles is 1. The van der Waals surface area contributed by atoms with Crippen molar-refractivity contribution >= 4 is 0 Å². The number of nitrogens with two attached hydrogens (primary N) is 1. The highest BCUT2D eigenvalue weighted by atomic mass is 16.5. The van der Waals surface area contributed by atoms with Gasteiger partial charge in [0.2, 0.25) is 0 Å². The highest BCUT2D eigenvalue weighted by Crippen LogP contribution is 2.24. The third-order valence-electron chi connectivity index (χ3n) is 2.66. The Hall–Kier alpha value is -1.60. The summed E-state index contributed by atoms with van der Waals surface area (Å²) in [6, 6.07) is 5.61. The summed E-state index contributed by atoms with van der Waals surface area (Å²) in [7, 11) is 0. The molecule has 2 atom stereocenters. The Labute approximate surface area is 88.7 Å². The van der Waals surface area contributed by atoms with E-state index in [-0.39, 0.29) is 12.1 Å². The highest BCUT2D eigenvalue weighted by Gasteiger charge is 2.26. The van der Waals surface area contributed by atoms with Crippen molar-refractivity contribution < 1.29 is 4.74 Å². The summed E-state index contributed by atoms with van der Waals surface area (Å²) in [4.78, 5) is 3.94. The minimum Gasteiger partial charge on any atom is -0.486 e. The molecule has 1 aliphatic carbocycles. The van der Waals surface area contributed by atoms with Gasteiger partial charge in [-0.3, -0.25) is 0 Å². The molecule has 0 spiro atoms. The molecular formula is C11H13N3O. The topological polar surface area (TPSA) is 71.9 Å². The fourth-order valence-electron chi connectivity index (χ4n) is 1.83. The lowest BCUT2D eigenvalue weighted by Crippen LogP contribution is -2.33. The highest BCUT2D eigenvalue weighted by molar-refractivity contribution is 5.36. The molecule has 1 fully saturated rings. The van der Waals surface area contributed by atoms with Gasteiger partial charge >= 0.3 is 0 Å². The van der Waals surface area contributed by atoms with Crippen molar-refractivity contribution in [3.05, 3.63) is 24.0 Å². The molecule has 1 aromatic rings. The Bertz CT molecular complexity index is 386. The minimum atomic E-state index is 0.0290. The van der Waals surface area contributed by atoms with E-state index < -0.39 is 0 Å². The summed E-state index contributed by atoms with van der Waals surface area (Å²) < 4.78 is 5.70. The molecule has 4 heteroatoms. The lowest BCUT2D eigenvalue weighted by Gasteiger charge is -2.17. The maximum Gasteiger partial charge on any atom is 0.182 e. The number of pyridine rings is 1. The van der Waals surface area contributed by atoms with E-state index in [2.05, 4.69) is 4.98 Å². The SMILES string of the molecule is N#Cc1ncccc1OC1CCCC1N. The zero-order chi connectivity index (χ0) is 10.7. The molecule has 2 unspecified atom stereocenters. The van der Waals surface area contributed by atoms with Gasteiger partial charge in [0.15, 0.2) is 11.4 Å². The van der Waals surface area contributed by atoms with Crippen molar-refractivity contribution in [2.75, 3.05) is 0 Å². The Balaban J connectivity index is 2.14. The van der Waals surface area contributed by atoms with Crippen LogP contribution >= 0.6 is 0 Å². The quantitative estimate of drug-likeness (QED) is 0.784. The first-order chi connectivity index (χ1) is 7.31. The molecule has 78 valence electrons. The molecule has 4 nitrogen and oxygen atoms in total. The summed E-state index contributed by atoms with van der Waals surface area (Å²) >= 11 is 0. The molecular weight excluding hydrogens is 190 g/mol. The van der Waals surface area contributed by atoms with Gasteiger partial charge in [0.1, 0.15) is 12.2 Å². The maximum absolute atomic E-state index is 8.83. The smallest absolute Gasteiger partial charge is 0.182 e. The van der Waals surface area contributed by atoms with E-state index in [0.29, 0.717) is 11.4 Å². The van der Waals surface area contributed by atoms with Crippen LogP contribution < -0.4 is 10.5 Å². The van der Waals surface area contributed by atoms with Crippen molar-refractivity contribution in [2.45, 2.75) is 31.4 Å². The van der Waals surface area contributed by atoms with Gasteiger partial charge in [-0.25, -0.2) is 4.98 Å². The molecule has 15 heavy (non-hydrogen) atoms. The third kappa shape index (κ3) is 2.08. The van der Waals surface area contributed by atoms with Crippen LogP contribution in [0.2, 0.25) is 0 Å². The van der Waals surface area contributed by atoms with Crippen molar-refractivity contribution in [3.8, 4) is 11.8 Å². The van der Waals surface area contributed by atoms with Crippen LogP contribution in [-0.4, -0.2) is 17.1 Å². The number of ether oxygens (including phenoxy) is 1. The van der Waals surface area contributed by atoms with Gasteiger partial charge in [0, 0.05) is 12.2 Å². The van der Waals surface area contributed by atoms with E-state index in [1.54, 1.807) is 18.3 Å². The number of nitrogens with zero attached hydrogens (tertiary/aromatic N) is 2. The predicted octanol–water partition coefficient (Wildman–Crippen LogP) is 1.21. The second-order valence-corrected chi connectivity index (χ2v) is 3.71. The summed E-state index contributed by atoms with van der Waals surface area (Å²) in [6.45, 7) is 0. The molecule has 1 saturated carbocycles. The van der Waals surface area contributed by atoms with Crippen LogP contribution in [0.1, 0.15) is 25.0 Å². The molecule has 0 saturated heterocycles. The van der Waals surface area contributed by atoms with Gasteiger partial charge < -0.3 is 10.5 Å². The Morgan fingerprint density at radius 3 is 3.07 bits per heavy atom. The first kappa shape index (κ1) is 9.94. The van der Waals surface area contributed by atoms with Gasteiger partial charge in [0.25, 0.3) is 0 Å². The second kappa shape index (κ2) is 4.28. The van der Waals surface area contributed by atoms with Crippen LogP contribution in [-0.2, 0) is 0 Å². The van der Waals surface area contributed by atoms with Crippen molar-refractivity contribution in [3.63, 3.8) is 0 Å². The number of hydrogen-bond donors (Lipinski definition) is 1. The Kier molecular flexibility index (Phi) is 2.84. The van der Waals surface area contributed by atoms with E-state index in [0.717, 1.165) is 19.3 Å². The van der Waals surface area contributed by atoms with E-state index >= 15 is 0 Å². The van der Waals surface area contributed by atoms with Gasteiger partial charge in [-0.2, -0.15) is 5.26 Å². The van der Waals surface area contributed by atoms with Crippen LogP contribution in [0.5, 0.6) is 5.75 Å². The minimum absolute atomic E-state index is 0.0290. The molecule has 0 bridgehead atoms. The predicted molar refractivity (Wildman–Crippen MR) is 55.2 cm³/mol. The molecule has 1 aromatic heterocycles. The third-order valence-corrected chi connectivity index (χ3v) is 2.66. The van der Waals surface area contributed by atoms with E-state index in [4.69, 9.17) is 15.7 Å². The zero-order valence-electron chi connectivity index (χ0n) is 8.39. The van der Waals surface area contributed by atoms with Gasteiger partial charge in [0.05, 0.1) is 0 Å². The molecule has 0 aliphatic heterocycles. The number of rotatable bonds is 2. The van der Waals surface area contributed by atoms with E-state index in [1.165, 1.54) is 0 Å². The fourth-order valence-corrected chi connectivity index (χ4v) is 1.83. The van der Waals surface area contributed by atoms with E-state index in [1.807, 2.05) is 6.07 Å². The number of aromatic nitrogens is 1. The summed E-state index contributed by atoms with van der Waals surface area (Å²) in [6.07, 6.45) is 4.66. The molecule has 2 rings (SSSR count). The molecule has 0 radical (unpaired) electrons. The van der Waals surface area contributed by atoms with Gasteiger partial charge in [-0.1, -0.05) is 0 Å². The Morgan fingerprint density at radius 2 is 2.40 bits per heavy atom. The molecule has 0 amide bonds. The largest absolute Gasteiger partial charge is 0.486 e. The first-order valence-electron chi connectivity index (χ1n) is 5.08.